The van der Waals surface area contributed by atoms with Crippen molar-refractivity contribution in [2.75, 3.05) is 0 Å². The van der Waals surface area contributed by atoms with Crippen LogP contribution in [0.1, 0.15) is 42.0 Å². The van der Waals surface area contributed by atoms with Gasteiger partial charge in [0, 0.05) is 23.6 Å². The first-order chi connectivity index (χ1) is 20.9. The van der Waals surface area contributed by atoms with Crippen LogP contribution in [0.4, 0.5) is 0 Å². The van der Waals surface area contributed by atoms with Crippen molar-refractivity contribution in [2.24, 2.45) is 0 Å². The Balaban J connectivity index is 0.000000351. The van der Waals surface area contributed by atoms with Crippen molar-refractivity contribution in [2.45, 2.75) is 51.2 Å². The van der Waals surface area contributed by atoms with Crippen LogP contribution in [0.3, 0.4) is 0 Å². The number of benzene rings is 4. The molecule has 4 aromatic carbocycles. The highest BCUT2D eigenvalue weighted by atomic mass is 32.2. The van der Waals surface area contributed by atoms with Gasteiger partial charge in [-0.15, -0.1) is 0 Å². The van der Waals surface area contributed by atoms with E-state index in [2.05, 4.69) is 78.4 Å². The lowest BCUT2D eigenvalue weighted by Crippen LogP contribution is -2.25. The Kier molecular flexibility index (Phi) is 9.79. The molecule has 8 heteroatoms. The third-order valence-corrected chi connectivity index (χ3v) is 9.01. The van der Waals surface area contributed by atoms with Gasteiger partial charge in [0.1, 0.15) is 24.7 Å². The lowest BCUT2D eigenvalue weighted by Gasteiger charge is -2.10. The van der Waals surface area contributed by atoms with E-state index in [1.54, 1.807) is 4.72 Å². The minimum absolute atomic E-state index is 0.202. The number of nitrogens with zero attached hydrogens (tertiary/aromatic N) is 1. The van der Waals surface area contributed by atoms with Gasteiger partial charge in [-0.2, -0.15) is 0 Å². The maximum atomic E-state index is 10.7. The summed E-state index contributed by atoms with van der Waals surface area (Å²) in [6.07, 6.45) is 4.81. The average Bonchev–Trinajstić information content (AvgIpc) is 3.85. The zero-order chi connectivity index (χ0) is 30.1. The molecule has 0 unspecified atom stereocenters. The van der Waals surface area contributed by atoms with Crippen LogP contribution in [0.15, 0.2) is 109 Å². The summed E-state index contributed by atoms with van der Waals surface area (Å²) in [7, 11) is -3.26. The van der Waals surface area contributed by atoms with Crippen LogP contribution in [0.25, 0.3) is 10.9 Å². The fourth-order valence-corrected chi connectivity index (χ4v) is 5.89. The smallest absolute Gasteiger partial charge is 0.237 e. The van der Waals surface area contributed by atoms with Crippen LogP contribution in [0.5, 0.6) is 11.5 Å². The number of rotatable bonds is 12. The van der Waals surface area contributed by atoms with E-state index in [0.29, 0.717) is 26.1 Å². The number of fused-ring (bicyclic) bond motifs is 1. The highest BCUT2D eigenvalue weighted by Crippen LogP contribution is 2.29. The number of hydrogen-bond acceptors (Lipinski definition) is 5. The van der Waals surface area contributed by atoms with E-state index in [-0.39, 0.29) is 11.7 Å². The molecule has 1 heterocycles. The topological polar surface area (TPSA) is 86.6 Å². The largest absolute Gasteiger partial charge is 0.489 e. The molecule has 1 aliphatic rings. The molecule has 0 saturated heterocycles. The number of ether oxygens (including phenoxy) is 2. The summed E-state index contributed by atoms with van der Waals surface area (Å²) < 4.78 is 37.5. The molecule has 1 aliphatic carbocycles. The predicted molar refractivity (Wildman–Crippen MR) is 170 cm³/mol. The summed E-state index contributed by atoms with van der Waals surface area (Å²) in [6.45, 7) is 4.14. The van der Waals surface area contributed by atoms with Crippen LogP contribution in [0, 0.1) is 0 Å². The molecule has 0 spiro atoms. The number of aryl methyl sites for hydroxylation is 1. The number of carbonyl (C=O) groups excluding carboxylic acids is 1. The van der Waals surface area contributed by atoms with Crippen molar-refractivity contribution in [3.8, 4) is 11.5 Å². The van der Waals surface area contributed by atoms with Gasteiger partial charge in [-0.3, -0.25) is 9.52 Å². The average molecular weight is 597 g/mol. The van der Waals surface area contributed by atoms with E-state index in [1.807, 2.05) is 42.5 Å². The van der Waals surface area contributed by atoms with Crippen LogP contribution in [-0.2, 0) is 41.0 Å². The van der Waals surface area contributed by atoms with Gasteiger partial charge < -0.3 is 14.0 Å². The normalized spacial score (nSPS) is 12.7. The summed E-state index contributed by atoms with van der Waals surface area (Å²) in [6, 6.07) is 35.3. The molecule has 1 amide bonds. The Bertz CT molecular complexity index is 1750. The van der Waals surface area contributed by atoms with Crippen molar-refractivity contribution < 1.29 is 22.7 Å². The molecule has 1 fully saturated rings. The van der Waals surface area contributed by atoms with Crippen LogP contribution >= 0.6 is 0 Å². The summed E-state index contributed by atoms with van der Waals surface area (Å²) in [5, 5.41) is 0.951. The van der Waals surface area contributed by atoms with Gasteiger partial charge in [-0.25, -0.2) is 8.42 Å². The molecule has 7 nitrogen and oxygen atoms in total. The fourth-order valence-electron chi connectivity index (χ4n) is 4.81. The monoisotopic (exact) mass is 596 g/mol. The first-order valence-electron chi connectivity index (χ1n) is 14.4. The fraction of sp³-hybridized carbons (Fsp3) is 0.229. The van der Waals surface area contributed by atoms with Gasteiger partial charge in [0.25, 0.3) is 0 Å². The van der Waals surface area contributed by atoms with Crippen molar-refractivity contribution in [1.29, 1.82) is 0 Å². The van der Waals surface area contributed by atoms with Crippen LogP contribution in [-0.4, -0.2) is 24.6 Å². The second kappa shape index (κ2) is 14.1. The van der Waals surface area contributed by atoms with Gasteiger partial charge in [0.15, 0.2) is 0 Å². The number of nitrogens with one attached hydrogen (secondary N) is 1. The second-order valence-corrected chi connectivity index (χ2v) is 12.5. The van der Waals surface area contributed by atoms with E-state index in [0.717, 1.165) is 24.5 Å². The van der Waals surface area contributed by atoms with Gasteiger partial charge in [0.05, 0.1) is 5.25 Å². The molecule has 0 aliphatic heterocycles. The Labute approximate surface area is 253 Å². The highest BCUT2D eigenvalue weighted by molar-refractivity contribution is 7.90. The lowest BCUT2D eigenvalue weighted by molar-refractivity contribution is -0.108. The van der Waals surface area contributed by atoms with Crippen molar-refractivity contribution in [3.05, 3.63) is 132 Å². The standard InChI is InChI=1S/C31H29NO2.C4H7NO3S/c1-2-27-21-32(20-26-14-9-15-28(18-26)33-22-24-10-5-3-6-11-24)31-17-16-29(19-30(27)31)34-23-25-12-7-4-8-13-25;6-3-5-9(7,8)4-1-2-4/h3-19,21H,2,20,22-23H2,1H3;3-4H,1-2H2,(H,5,6). The maximum Gasteiger partial charge on any atom is 0.237 e. The number of hydrogen-bond donors (Lipinski definition) is 1. The summed E-state index contributed by atoms with van der Waals surface area (Å²) in [5.41, 5.74) is 6.11. The van der Waals surface area contributed by atoms with Gasteiger partial charge >= 0.3 is 0 Å². The molecular weight excluding hydrogens is 560 g/mol. The molecule has 1 saturated carbocycles. The number of sulfonamides is 1. The molecule has 0 atom stereocenters. The SMILES string of the molecule is CCc1cn(Cc2cccc(OCc3ccccc3)c2)c2ccc(OCc3ccccc3)cc12.O=CNS(=O)(=O)C1CC1. The summed E-state index contributed by atoms with van der Waals surface area (Å²) in [5.74, 6) is 1.80. The molecule has 0 bridgehead atoms. The number of aromatic nitrogens is 1. The molecular formula is C35H36N2O5S. The Morgan fingerprint density at radius 3 is 1.98 bits per heavy atom. The Morgan fingerprint density at radius 2 is 1.40 bits per heavy atom. The van der Waals surface area contributed by atoms with Crippen LogP contribution < -0.4 is 14.2 Å². The van der Waals surface area contributed by atoms with Crippen molar-refractivity contribution >= 4 is 27.3 Å². The molecule has 6 rings (SSSR count). The predicted octanol–water partition coefficient (Wildman–Crippen LogP) is 6.63. The highest BCUT2D eigenvalue weighted by Gasteiger charge is 2.35. The zero-order valence-corrected chi connectivity index (χ0v) is 25.0. The van der Waals surface area contributed by atoms with E-state index in [9.17, 15) is 13.2 Å². The lowest BCUT2D eigenvalue weighted by atomic mass is 10.1. The summed E-state index contributed by atoms with van der Waals surface area (Å²) in [4.78, 5) is 9.66. The van der Waals surface area contributed by atoms with Gasteiger partial charge in [-0.05, 0) is 71.8 Å². The number of amides is 1. The first kappa shape index (κ1) is 29.9. The molecule has 0 radical (unpaired) electrons. The minimum atomic E-state index is -3.26. The quantitative estimate of drug-likeness (QED) is 0.163. The van der Waals surface area contributed by atoms with E-state index in [4.69, 9.17) is 9.47 Å². The van der Waals surface area contributed by atoms with Gasteiger partial charge in [0.2, 0.25) is 16.4 Å². The Hall–Kier alpha value is -4.56. The van der Waals surface area contributed by atoms with E-state index >= 15 is 0 Å². The third-order valence-electron chi connectivity index (χ3n) is 7.24. The van der Waals surface area contributed by atoms with Gasteiger partial charge in [-0.1, -0.05) is 79.7 Å². The van der Waals surface area contributed by atoms with Crippen molar-refractivity contribution in [3.63, 3.8) is 0 Å². The van der Waals surface area contributed by atoms with E-state index in [1.165, 1.54) is 33.2 Å². The minimum Gasteiger partial charge on any atom is -0.489 e. The molecule has 5 aromatic rings. The second-order valence-electron chi connectivity index (χ2n) is 10.5. The third kappa shape index (κ3) is 8.26. The Morgan fingerprint density at radius 1 is 0.791 bits per heavy atom. The summed E-state index contributed by atoms with van der Waals surface area (Å²) >= 11 is 0. The number of carbonyl (C=O) groups is 1. The zero-order valence-electron chi connectivity index (χ0n) is 24.2. The van der Waals surface area contributed by atoms with Crippen molar-refractivity contribution in [1.82, 2.24) is 9.29 Å². The van der Waals surface area contributed by atoms with E-state index < -0.39 is 10.0 Å². The molecule has 43 heavy (non-hydrogen) atoms. The molecule has 222 valence electrons. The first-order valence-corrected chi connectivity index (χ1v) is 16.0. The van der Waals surface area contributed by atoms with Crippen LogP contribution in [0.2, 0.25) is 0 Å². The maximum absolute atomic E-state index is 10.7. The molecule has 1 N–H and O–H groups in total. The molecule has 1 aromatic heterocycles.